The first-order valence-electron chi connectivity index (χ1n) is 5.80. The van der Waals surface area contributed by atoms with E-state index in [2.05, 4.69) is 37.2 Å². The first-order valence-corrected chi connectivity index (χ1v) is 7.63. The van der Waals surface area contributed by atoms with Crippen LogP contribution >= 0.6 is 31.9 Å². The molecule has 0 aromatic heterocycles. The Labute approximate surface area is 132 Å². The highest BCUT2D eigenvalue weighted by atomic mass is 79.9. The smallest absolute Gasteiger partial charge is 0.318 e. The molecular weight excluding hydrogens is 390 g/mol. The maximum atomic E-state index is 12.1. The van der Waals surface area contributed by atoms with Gasteiger partial charge in [0.1, 0.15) is 9.65 Å². The first-order chi connectivity index (χ1) is 9.50. The fourth-order valence-corrected chi connectivity index (χ4v) is 2.37. The van der Waals surface area contributed by atoms with Gasteiger partial charge in [-0.1, -0.05) is 68.3 Å². The molecule has 4 nitrogen and oxygen atoms in total. The number of hydrogen-bond donors (Lipinski definition) is 2. The van der Waals surface area contributed by atoms with E-state index in [1.807, 2.05) is 36.4 Å². The molecule has 0 aliphatic carbocycles. The number of carboxylic acid groups (broad SMARTS) is 1. The number of carbonyl (C=O) groups excluding carboxylic acids is 1. The minimum absolute atomic E-state index is 0.411. The largest absolute Gasteiger partial charge is 0.480 e. The third-order valence-electron chi connectivity index (χ3n) is 2.79. The third-order valence-corrected chi connectivity index (χ3v) is 5.37. The van der Waals surface area contributed by atoms with Gasteiger partial charge >= 0.3 is 5.97 Å². The van der Waals surface area contributed by atoms with E-state index in [-0.39, 0.29) is 0 Å². The topological polar surface area (TPSA) is 66.4 Å². The second-order valence-electron chi connectivity index (χ2n) is 4.16. The van der Waals surface area contributed by atoms with Gasteiger partial charge in [-0.2, -0.15) is 0 Å². The van der Waals surface area contributed by atoms with Crippen LogP contribution in [0.1, 0.15) is 0 Å². The van der Waals surface area contributed by atoms with Crippen LogP contribution in [0.2, 0.25) is 0 Å². The van der Waals surface area contributed by atoms with Crippen molar-refractivity contribution < 1.29 is 14.7 Å². The predicted octanol–water partition coefficient (Wildman–Crippen LogP) is 3.39. The molecule has 2 aromatic carbocycles. The van der Waals surface area contributed by atoms with Crippen LogP contribution in [-0.4, -0.2) is 26.6 Å². The molecule has 0 bridgehead atoms. The summed E-state index contributed by atoms with van der Waals surface area (Å²) < 4.78 is 0. The number of fused-ring (bicyclic) bond motifs is 1. The SMILES string of the molecule is O=C(O)C(Br)C(Br)C(=O)Nc1cccc2ccccc12. The van der Waals surface area contributed by atoms with Gasteiger partial charge in [-0.15, -0.1) is 0 Å². The number of alkyl halides is 2. The van der Waals surface area contributed by atoms with Crippen LogP contribution in [0.25, 0.3) is 10.8 Å². The van der Waals surface area contributed by atoms with Crippen molar-refractivity contribution in [2.75, 3.05) is 5.32 Å². The maximum absolute atomic E-state index is 12.1. The van der Waals surface area contributed by atoms with Crippen LogP contribution in [0.15, 0.2) is 42.5 Å². The standard InChI is InChI=1S/C14H11Br2NO3/c15-11(12(16)14(19)20)13(18)17-10-7-3-5-8-4-1-2-6-9(8)10/h1-7,11-12H,(H,17,18)(H,19,20). The number of amides is 1. The Morgan fingerprint density at radius 2 is 1.65 bits per heavy atom. The van der Waals surface area contributed by atoms with Crippen LogP contribution in [0.3, 0.4) is 0 Å². The second-order valence-corrected chi connectivity index (χ2v) is 6.13. The van der Waals surface area contributed by atoms with Gasteiger partial charge in [0, 0.05) is 11.1 Å². The van der Waals surface area contributed by atoms with E-state index in [9.17, 15) is 9.59 Å². The Kier molecular flexibility index (Phi) is 4.77. The van der Waals surface area contributed by atoms with Crippen LogP contribution < -0.4 is 5.32 Å². The van der Waals surface area contributed by atoms with Crippen LogP contribution in [-0.2, 0) is 9.59 Å². The van der Waals surface area contributed by atoms with E-state index in [0.29, 0.717) is 5.69 Å². The maximum Gasteiger partial charge on any atom is 0.318 e. The van der Waals surface area contributed by atoms with Crippen LogP contribution in [0.4, 0.5) is 5.69 Å². The van der Waals surface area contributed by atoms with Gasteiger partial charge in [0.2, 0.25) is 5.91 Å². The summed E-state index contributed by atoms with van der Waals surface area (Å²) in [5, 5.41) is 13.5. The van der Waals surface area contributed by atoms with Gasteiger partial charge in [-0.3, -0.25) is 9.59 Å². The Balaban J connectivity index is 2.24. The molecule has 0 saturated heterocycles. The molecule has 2 atom stereocenters. The fourth-order valence-electron chi connectivity index (χ4n) is 1.79. The van der Waals surface area contributed by atoms with Crippen molar-refractivity contribution in [2.24, 2.45) is 0 Å². The molecule has 0 aliphatic heterocycles. The molecule has 2 unspecified atom stereocenters. The summed E-state index contributed by atoms with van der Waals surface area (Å²) >= 11 is 6.06. The van der Waals surface area contributed by atoms with E-state index >= 15 is 0 Å². The zero-order chi connectivity index (χ0) is 14.7. The molecule has 0 saturated carbocycles. The summed E-state index contributed by atoms with van der Waals surface area (Å²) in [5.41, 5.74) is 0.655. The number of aliphatic carboxylic acids is 1. The van der Waals surface area contributed by atoms with Gasteiger partial charge in [0.25, 0.3) is 0 Å². The molecule has 104 valence electrons. The Morgan fingerprint density at radius 3 is 2.35 bits per heavy atom. The number of carbonyl (C=O) groups is 2. The number of anilines is 1. The normalized spacial score (nSPS) is 13.7. The quantitative estimate of drug-likeness (QED) is 0.773. The average molecular weight is 401 g/mol. The lowest BCUT2D eigenvalue weighted by molar-refractivity contribution is -0.137. The van der Waals surface area contributed by atoms with Gasteiger partial charge in [0.05, 0.1) is 0 Å². The summed E-state index contributed by atoms with van der Waals surface area (Å²) in [4.78, 5) is 21.1. The van der Waals surface area contributed by atoms with Crippen molar-refractivity contribution in [1.82, 2.24) is 0 Å². The Bertz CT molecular complexity index is 654. The lowest BCUT2D eigenvalue weighted by Crippen LogP contribution is -2.34. The summed E-state index contributed by atoms with van der Waals surface area (Å²) in [6.45, 7) is 0. The third kappa shape index (κ3) is 3.19. The second kappa shape index (κ2) is 6.37. The molecule has 1 amide bonds. The van der Waals surface area contributed by atoms with E-state index in [0.717, 1.165) is 10.8 Å². The molecule has 0 fully saturated rings. The molecule has 20 heavy (non-hydrogen) atoms. The number of halogens is 2. The van der Waals surface area contributed by atoms with Crippen molar-refractivity contribution in [3.63, 3.8) is 0 Å². The monoisotopic (exact) mass is 399 g/mol. The highest BCUT2D eigenvalue weighted by Crippen LogP contribution is 2.24. The van der Waals surface area contributed by atoms with Crippen molar-refractivity contribution in [3.8, 4) is 0 Å². The predicted molar refractivity (Wildman–Crippen MR) is 85.6 cm³/mol. The zero-order valence-electron chi connectivity index (χ0n) is 10.2. The number of benzene rings is 2. The van der Waals surface area contributed by atoms with Gasteiger partial charge in [0.15, 0.2) is 0 Å². The minimum atomic E-state index is -1.10. The van der Waals surface area contributed by atoms with Crippen molar-refractivity contribution >= 4 is 60.2 Å². The van der Waals surface area contributed by atoms with Crippen LogP contribution in [0.5, 0.6) is 0 Å². The van der Waals surface area contributed by atoms with Crippen molar-refractivity contribution in [3.05, 3.63) is 42.5 Å². The molecule has 0 aliphatic rings. The molecule has 0 heterocycles. The first kappa shape index (κ1) is 15.0. The van der Waals surface area contributed by atoms with E-state index in [4.69, 9.17) is 5.11 Å². The zero-order valence-corrected chi connectivity index (χ0v) is 13.4. The summed E-state index contributed by atoms with van der Waals surface area (Å²) in [6.07, 6.45) is 0. The molecule has 0 radical (unpaired) electrons. The minimum Gasteiger partial charge on any atom is -0.480 e. The highest BCUT2D eigenvalue weighted by molar-refractivity contribution is 9.12. The summed E-state index contributed by atoms with van der Waals surface area (Å²) in [7, 11) is 0. The average Bonchev–Trinajstić information content (AvgIpc) is 2.46. The van der Waals surface area contributed by atoms with Gasteiger partial charge in [-0.25, -0.2) is 0 Å². The molecule has 2 aromatic rings. The molecular formula is C14H11Br2NO3. The lowest BCUT2D eigenvalue weighted by Gasteiger charge is -2.14. The number of rotatable bonds is 4. The van der Waals surface area contributed by atoms with E-state index in [1.165, 1.54) is 0 Å². The molecule has 2 N–H and O–H groups in total. The molecule has 6 heteroatoms. The van der Waals surface area contributed by atoms with Crippen molar-refractivity contribution in [2.45, 2.75) is 9.65 Å². The number of nitrogens with one attached hydrogen (secondary N) is 1. The molecule has 2 rings (SSSR count). The van der Waals surface area contributed by atoms with Gasteiger partial charge < -0.3 is 10.4 Å². The van der Waals surface area contributed by atoms with E-state index < -0.39 is 21.5 Å². The number of hydrogen-bond acceptors (Lipinski definition) is 2. The lowest BCUT2D eigenvalue weighted by atomic mass is 10.1. The van der Waals surface area contributed by atoms with Crippen LogP contribution in [0, 0.1) is 0 Å². The summed E-state index contributed by atoms with van der Waals surface area (Å²) in [5.74, 6) is -1.51. The number of carboxylic acids is 1. The Hall–Kier alpha value is -1.40. The van der Waals surface area contributed by atoms with E-state index in [1.54, 1.807) is 6.07 Å². The van der Waals surface area contributed by atoms with Gasteiger partial charge in [-0.05, 0) is 11.5 Å². The molecule has 0 spiro atoms. The fraction of sp³-hybridized carbons (Fsp3) is 0.143. The highest BCUT2D eigenvalue weighted by Gasteiger charge is 2.29. The Morgan fingerprint density at radius 1 is 1.00 bits per heavy atom. The van der Waals surface area contributed by atoms with Crippen molar-refractivity contribution in [1.29, 1.82) is 0 Å². The summed E-state index contributed by atoms with van der Waals surface area (Å²) in [6, 6.07) is 13.2.